The molecule has 0 aliphatic carbocycles. The third-order valence-corrected chi connectivity index (χ3v) is 6.49. The van der Waals surface area contributed by atoms with Gasteiger partial charge >= 0.3 is 5.97 Å². The average molecular weight is 479 g/mol. The highest BCUT2D eigenvalue weighted by Gasteiger charge is 2.46. The summed E-state index contributed by atoms with van der Waals surface area (Å²) in [7, 11) is 0. The molecule has 2 heterocycles. The number of esters is 1. The number of hydrogen-bond donors (Lipinski definition) is 1. The van der Waals surface area contributed by atoms with Crippen molar-refractivity contribution in [2.75, 3.05) is 32.8 Å². The molecule has 1 unspecified atom stereocenters. The molecule has 2 aromatic rings. The zero-order valence-corrected chi connectivity index (χ0v) is 20.2. The number of benzene rings is 2. The van der Waals surface area contributed by atoms with E-state index in [-0.39, 0.29) is 11.3 Å². The molecule has 1 amide bonds. The number of carbonyl (C=O) groups excluding carboxylic acids is 3. The predicted molar refractivity (Wildman–Crippen MR) is 130 cm³/mol. The minimum Gasteiger partial charge on any atom is -0.507 e. The molecule has 1 saturated heterocycles. The second-order valence-electron chi connectivity index (χ2n) is 8.61. The maximum Gasteiger partial charge on any atom is 0.308 e. The van der Waals surface area contributed by atoms with Crippen molar-refractivity contribution < 1.29 is 29.0 Å². The molecule has 0 radical (unpaired) electrons. The molecule has 1 fully saturated rings. The summed E-state index contributed by atoms with van der Waals surface area (Å²) in [5.74, 6) is -1.04. The fraction of sp³-hybridized carbons (Fsp3) is 0.370. The zero-order valence-electron chi connectivity index (χ0n) is 20.2. The Morgan fingerprint density at radius 1 is 1.17 bits per heavy atom. The molecular weight excluding hydrogens is 448 g/mol. The molecule has 1 N–H and O–H groups in total. The van der Waals surface area contributed by atoms with E-state index in [4.69, 9.17) is 9.47 Å². The van der Waals surface area contributed by atoms with Crippen LogP contribution >= 0.6 is 0 Å². The van der Waals surface area contributed by atoms with E-state index in [9.17, 15) is 19.5 Å². The van der Waals surface area contributed by atoms with Gasteiger partial charge in [0.15, 0.2) is 0 Å². The van der Waals surface area contributed by atoms with E-state index >= 15 is 0 Å². The van der Waals surface area contributed by atoms with Crippen LogP contribution in [0.15, 0.2) is 48.0 Å². The van der Waals surface area contributed by atoms with Crippen LogP contribution in [0.4, 0.5) is 0 Å². The van der Waals surface area contributed by atoms with Gasteiger partial charge in [-0.05, 0) is 54.5 Å². The Morgan fingerprint density at radius 2 is 1.94 bits per heavy atom. The van der Waals surface area contributed by atoms with Gasteiger partial charge < -0.3 is 24.4 Å². The Hall–Kier alpha value is -3.65. The van der Waals surface area contributed by atoms with E-state index in [1.165, 1.54) is 11.8 Å². The highest BCUT2D eigenvalue weighted by Crippen LogP contribution is 2.41. The van der Waals surface area contributed by atoms with Crippen LogP contribution in [-0.2, 0) is 20.8 Å². The molecule has 2 aliphatic rings. The summed E-state index contributed by atoms with van der Waals surface area (Å²) in [6.07, 6.45) is 0.711. The van der Waals surface area contributed by atoms with E-state index < -0.39 is 23.7 Å². The second-order valence-corrected chi connectivity index (χ2v) is 8.61. The van der Waals surface area contributed by atoms with Gasteiger partial charge in [-0.15, -0.1) is 0 Å². The number of likely N-dealkylation sites (tertiary alicyclic amines) is 1. The van der Waals surface area contributed by atoms with Crippen LogP contribution in [0.5, 0.6) is 11.5 Å². The van der Waals surface area contributed by atoms with Crippen molar-refractivity contribution in [1.29, 1.82) is 0 Å². The lowest BCUT2D eigenvalue weighted by atomic mass is 9.94. The number of ketones is 1. The lowest BCUT2D eigenvalue weighted by Crippen LogP contribution is -2.38. The lowest BCUT2D eigenvalue weighted by Gasteiger charge is -2.28. The van der Waals surface area contributed by atoms with Gasteiger partial charge in [0.05, 0.1) is 18.2 Å². The number of Topliss-reactive ketones (excluding diaryl/α,β-unsaturated/α-hetero) is 1. The number of ether oxygens (including phenoxy) is 2. The third-order valence-electron chi connectivity index (χ3n) is 6.49. The molecule has 1 atom stereocenters. The van der Waals surface area contributed by atoms with E-state index in [0.29, 0.717) is 43.0 Å². The van der Waals surface area contributed by atoms with Crippen LogP contribution in [-0.4, -0.2) is 65.4 Å². The summed E-state index contributed by atoms with van der Waals surface area (Å²) in [5.41, 5.74) is 2.00. The first-order valence-electron chi connectivity index (χ1n) is 11.9. The topological polar surface area (TPSA) is 96.4 Å². The van der Waals surface area contributed by atoms with Gasteiger partial charge in [0, 0.05) is 32.0 Å². The summed E-state index contributed by atoms with van der Waals surface area (Å²) in [6.45, 7) is 8.46. The van der Waals surface area contributed by atoms with Crippen LogP contribution in [0.1, 0.15) is 43.5 Å². The molecule has 2 aromatic carbocycles. The molecule has 0 bridgehead atoms. The first kappa shape index (κ1) is 24.5. The summed E-state index contributed by atoms with van der Waals surface area (Å²) in [5, 5.41) is 11.3. The van der Waals surface area contributed by atoms with Crippen molar-refractivity contribution in [3.8, 4) is 11.5 Å². The number of amides is 1. The van der Waals surface area contributed by atoms with Crippen molar-refractivity contribution in [1.82, 2.24) is 9.80 Å². The summed E-state index contributed by atoms with van der Waals surface area (Å²) in [4.78, 5) is 41.6. The summed E-state index contributed by atoms with van der Waals surface area (Å²) in [6, 6.07) is 11.2. The highest BCUT2D eigenvalue weighted by molar-refractivity contribution is 6.46. The first-order valence-corrected chi connectivity index (χ1v) is 11.9. The van der Waals surface area contributed by atoms with Gasteiger partial charge in [-0.1, -0.05) is 26.0 Å². The Morgan fingerprint density at radius 3 is 2.66 bits per heavy atom. The third kappa shape index (κ3) is 4.93. The Kier molecular flexibility index (Phi) is 7.21. The molecule has 8 heteroatoms. The van der Waals surface area contributed by atoms with E-state index in [0.717, 1.165) is 24.4 Å². The quantitative estimate of drug-likeness (QED) is 0.204. The average Bonchev–Trinajstić information content (AvgIpc) is 3.41. The summed E-state index contributed by atoms with van der Waals surface area (Å²) >= 11 is 0. The molecule has 0 spiro atoms. The minimum absolute atomic E-state index is 0.0217. The molecule has 0 aromatic heterocycles. The monoisotopic (exact) mass is 478 g/mol. The van der Waals surface area contributed by atoms with E-state index in [2.05, 4.69) is 4.90 Å². The smallest absolute Gasteiger partial charge is 0.308 e. The van der Waals surface area contributed by atoms with Crippen molar-refractivity contribution >= 4 is 23.4 Å². The number of fused-ring (bicyclic) bond motifs is 1. The van der Waals surface area contributed by atoms with Gasteiger partial charge in [0.25, 0.3) is 11.7 Å². The predicted octanol–water partition coefficient (Wildman–Crippen LogP) is 3.31. The number of nitrogens with zero attached hydrogens (tertiary/aromatic N) is 2. The molecular formula is C27H30N2O6. The SMILES string of the molecule is CCN(CC)CCN1C(=O)C(=O)/C(=C(\O)c2ccc3c(c2)CCO3)C1c1cccc(OC(C)=O)c1. The maximum absolute atomic E-state index is 13.3. The van der Waals surface area contributed by atoms with Crippen LogP contribution in [0.25, 0.3) is 5.76 Å². The molecule has 8 nitrogen and oxygen atoms in total. The lowest BCUT2D eigenvalue weighted by molar-refractivity contribution is -0.140. The van der Waals surface area contributed by atoms with Crippen LogP contribution in [0.2, 0.25) is 0 Å². The highest BCUT2D eigenvalue weighted by atomic mass is 16.5. The first-order chi connectivity index (χ1) is 16.8. The number of likely N-dealkylation sites (N-methyl/N-ethyl adjacent to an activating group) is 1. The standard InChI is InChI=1S/C27H30N2O6/c1-4-28(5-2)12-13-29-24(19-7-6-8-21(16-19)35-17(3)30)23(26(32)27(29)33)25(31)20-9-10-22-18(15-20)11-14-34-22/h6-10,15-16,24,31H,4-5,11-14H2,1-3H3/b25-23-. The normalized spacial score (nSPS) is 18.6. The van der Waals surface area contributed by atoms with Crippen LogP contribution in [0.3, 0.4) is 0 Å². The number of aliphatic hydroxyl groups is 1. The van der Waals surface area contributed by atoms with Gasteiger partial charge in [0.1, 0.15) is 17.3 Å². The molecule has 184 valence electrons. The number of aliphatic hydroxyl groups excluding tert-OH is 1. The van der Waals surface area contributed by atoms with Crippen molar-refractivity contribution in [2.24, 2.45) is 0 Å². The number of carbonyl (C=O) groups is 3. The zero-order chi connectivity index (χ0) is 25.1. The van der Waals surface area contributed by atoms with Crippen molar-refractivity contribution in [3.05, 3.63) is 64.7 Å². The van der Waals surface area contributed by atoms with E-state index in [1.54, 1.807) is 42.5 Å². The van der Waals surface area contributed by atoms with Crippen LogP contribution < -0.4 is 9.47 Å². The van der Waals surface area contributed by atoms with Crippen molar-refractivity contribution in [3.63, 3.8) is 0 Å². The van der Waals surface area contributed by atoms with Crippen molar-refractivity contribution in [2.45, 2.75) is 33.2 Å². The Balaban J connectivity index is 1.80. The molecule has 0 saturated carbocycles. The van der Waals surface area contributed by atoms with Gasteiger partial charge in [-0.2, -0.15) is 0 Å². The maximum atomic E-state index is 13.3. The van der Waals surface area contributed by atoms with Gasteiger partial charge in [-0.25, -0.2) is 0 Å². The molecule has 35 heavy (non-hydrogen) atoms. The van der Waals surface area contributed by atoms with E-state index in [1.807, 2.05) is 13.8 Å². The van der Waals surface area contributed by atoms with Gasteiger partial charge in [-0.3, -0.25) is 14.4 Å². The summed E-state index contributed by atoms with van der Waals surface area (Å²) < 4.78 is 10.8. The molecule has 4 rings (SSSR count). The van der Waals surface area contributed by atoms with Gasteiger partial charge in [0.2, 0.25) is 0 Å². The molecule has 2 aliphatic heterocycles. The largest absolute Gasteiger partial charge is 0.507 e. The minimum atomic E-state index is -0.814. The second kappa shape index (κ2) is 10.3. The number of rotatable bonds is 8. The number of hydrogen-bond acceptors (Lipinski definition) is 7. The Bertz CT molecular complexity index is 1180. The fourth-order valence-corrected chi connectivity index (χ4v) is 4.65. The fourth-order valence-electron chi connectivity index (χ4n) is 4.65. The Labute approximate surface area is 204 Å². The van der Waals surface area contributed by atoms with Crippen LogP contribution in [0, 0.1) is 0 Å².